The van der Waals surface area contributed by atoms with E-state index in [1.807, 2.05) is 0 Å². The van der Waals surface area contributed by atoms with E-state index in [1.165, 1.54) is 36.4 Å². The zero-order valence-electron chi connectivity index (χ0n) is 20.6. The van der Waals surface area contributed by atoms with E-state index in [0.29, 0.717) is 0 Å². The molecule has 2 unspecified atom stereocenters. The second-order valence-electron chi connectivity index (χ2n) is 8.32. The van der Waals surface area contributed by atoms with Crippen LogP contribution >= 0.6 is 0 Å². The van der Waals surface area contributed by atoms with E-state index in [9.17, 15) is 27.6 Å². The van der Waals surface area contributed by atoms with Gasteiger partial charge in [0.25, 0.3) is 0 Å². The fourth-order valence-electron chi connectivity index (χ4n) is 3.73. The average Bonchev–Trinajstić information content (AvgIpc) is 3.27. The maximum Gasteiger partial charge on any atom is 0.573 e. The predicted octanol–water partition coefficient (Wildman–Crippen LogP) is 4.58. The fourth-order valence-corrected chi connectivity index (χ4v) is 3.73. The number of aliphatic imine (C=N–C) groups is 1. The van der Waals surface area contributed by atoms with Crippen molar-refractivity contribution in [3.05, 3.63) is 108 Å². The van der Waals surface area contributed by atoms with Gasteiger partial charge < -0.3 is 23.7 Å². The number of esters is 3. The topological polar surface area (TPSA) is 110 Å². The van der Waals surface area contributed by atoms with Gasteiger partial charge in [-0.3, -0.25) is 0 Å². The van der Waals surface area contributed by atoms with Crippen LogP contribution in [-0.4, -0.2) is 61.8 Å². The highest BCUT2D eigenvalue weighted by Crippen LogP contribution is 2.30. The molecule has 1 aliphatic rings. The summed E-state index contributed by atoms with van der Waals surface area (Å²) in [4.78, 5) is 41.9. The molecule has 3 aromatic rings. The molecule has 9 nitrogen and oxygen atoms in total. The van der Waals surface area contributed by atoms with Gasteiger partial charge in [0.05, 0.1) is 16.7 Å². The van der Waals surface area contributed by atoms with Gasteiger partial charge in [-0.05, 0) is 36.4 Å². The number of carbonyl (C=O) groups excluding carboxylic acids is 3. The van der Waals surface area contributed by atoms with Crippen molar-refractivity contribution >= 4 is 24.3 Å². The molecule has 1 fully saturated rings. The van der Waals surface area contributed by atoms with Crippen molar-refractivity contribution < 1.29 is 51.2 Å². The van der Waals surface area contributed by atoms with Crippen molar-refractivity contribution in [3.8, 4) is 0 Å². The summed E-state index contributed by atoms with van der Waals surface area (Å²) in [5, 5.41) is 0. The molecule has 0 saturated carbocycles. The van der Waals surface area contributed by atoms with Crippen LogP contribution in [0.25, 0.3) is 0 Å². The van der Waals surface area contributed by atoms with Gasteiger partial charge in [0.2, 0.25) is 6.29 Å². The third kappa shape index (κ3) is 7.67. The van der Waals surface area contributed by atoms with E-state index in [0.717, 1.165) is 0 Å². The number of halogens is 3. The van der Waals surface area contributed by atoms with E-state index in [2.05, 4.69) is 9.73 Å². The summed E-state index contributed by atoms with van der Waals surface area (Å²) in [5.74, 6) is -2.49. The van der Waals surface area contributed by atoms with Gasteiger partial charge in [-0.15, -0.1) is 13.2 Å². The summed E-state index contributed by atoms with van der Waals surface area (Å²) in [5.41, 5.74) is 0.461. The van der Waals surface area contributed by atoms with Crippen LogP contribution < -0.4 is 0 Å². The highest BCUT2D eigenvalue weighted by atomic mass is 19.4. The van der Waals surface area contributed by atoms with Gasteiger partial charge in [0.15, 0.2) is 12.5 Å². The Bertz CT molecular complexity index is 1320. The third-order valence-corrected chi connectivity index (χ3v) is 5.59. The van der Waals surface area contributed by atoms with Gasteiger partial charge >= 0.3 is 24.3 Å². The fraction of sp³-hybridized carbons (Fsp3) is 0.214. The molecule has 208 valence electrons. The number of nitrogens with zero attached hydrogens (tertiary/aromatic N) is 1. The zero-order valence-corrected chi connectivity index (χ0v) is 20.6. The van der Waals surface area contributed by atoms with Gasteiger partial charge in [0.1, 0.15) is 18.8 Å². The normalized spacial score (nSPS) is 20.6. The average molecular weight is 557 g/mol. The minimum atomic E-state index is -5.05. The first-order chi connectivity index (χ1) is 19.2. The first-order valence-electron chi connectivity index (χ1n) is 11.9. The van der Waals surface area contributed by atoms with Crippen LogP contribution in [0.15, 0.2) is 96.0 Å². The molecule has 12 heteroatoms. The SMILES string of the molecule is O=C(OC[C@H]1OC(OC(=O)c2ccccc2)C(OC(=O)c2ccccc2)[C@H]1/N=C/OC(F)(F)F)c1ccccc1. The Morgan fingerprint density at radius 2 is 1.23 bits per heavy atom. The van der Waals surface area contributed by atoms with E-state index >= 15 is 0 Å². The first-order valence-corrected chi connectivity index (χ1v) is 11.9. The molecule has 0 amide bonds. The predicted molar refractivity (Wildman–Crippen MR) is 132 cm³/mol. The van der Waals surface area contributed by atoms with Crippen molar-refractivity contribution in [2.24, 2.45) is 4.99 Å². The van der Waals surface area contributed by atoms with Crippen LogP contribution in [0.5, 0.6) is 0 Å². The number of carbonyl (C=O) groups is 3. The molecule has 1 saturated heterocycles. The Morgan fingerprint density at radius 3 is 1.73 bits per heavy atom. The van der Waals surface area contributed by atoms with Crippen molar-refractivity contribution in [2.75, 3.05) is 6.61 Å². The molecule has 0 N–H and O–H groups in total. The molecular weight excluding hydrogens is 535 g/mol. The number of ether oxygens (including phenoxy) is 5. The molecule has 3 aromatic carbocycles. The summed E-state index contributed by atoms with van der Waals surface area (Å²) in [6, 6.07) is 22.0. The molecule has 40 heavy (non-hydrogen) atoms. The van der Waals surface area contributed by atoms with Gasteiger partial charge in [-0.25, -0.2) is 19.4 Å². The standard InChI is InChI=1S/C28H22F3NO8/c29-28(30,31)37-17-32-22-21(16-36-24(33)18-10-4-1-5-11-18)38-27(40-26(35)20-14-8-3-9-15-20)23(22)39-25(34)19-12-6-2-7-13-19/h1-15,17,21-23,27H,16H2/b32-17+/t21-,22+,23?,27?/m1/s1. The molecule has 0 aromatic heterocycles. The van der Waals surface area contributed by atoms with Crippen LogP contribution in [0.2, 0.25) is 0 Å². The van der Waals surface area contributed by atoms with Crippen molar-refractivity contribution in [3.63, 3.8) is 0 Å². The quantitative estimate of drug-likeness (QED) is 0.163. The molecule has 0 radical (unpaired) electrons. The Hall–Kier alpha value is -4.71. The van der Waals surface area contributed by atoms with Gasteiger partial charge in [-0.2, -0.15) is 0 Å². The summed E-state index contributed by atoms with van der Waals surface area (Å²) < 4.78 is 63.6. The largest absolute Gasteiger partial charge is 0.573 e. The third-order valence-electron chi connectivity index (χ3n) is 5.59. The van der Waals surface area contributed by atoms with E-state index in [1.54, 1.807) is 54.6 Å². The molecule has 4 atom stereocenters. The van der Waals surface area contributed by atoms with Crippen LogP contribution in [0.4, 0.5) is 13.2 Å². The smallest absolute Gasteiger partial charge is 0.459 e. The highest BCUT2D eigenvalue weighted by molar-refractivity contribution is 5.90. The Morgan fingerprint density at radius 1 is 0.750 bits per heavy atom. The van der Waals surface area contributed by atoms with Crippen molar-refractivity contribution in [1.82, 2.24) is 0 Å². The van der Waals surface area contributed by atoms with Crippen molar-refractivity contribution in [1.29, 1.82) is 0 Å². The molecule has 0 bridgehead atoms. The summed E-state index contributed by atoms with van der Waals surface area (Å²) in [6.07, 6.45) is -9.37. The van der Waals surface area contributed by atoms with E-state index in [-0.39, 0.29) is 23.1 Å². The molecule has 1 aliphatic heterocycles. The highest BCUT2D eigenvalue weighted by Gasteiger charge is 2.50. The molecule has 4 rings (SSSR count). The van der Waals surface area contributed by atoms with Gasteiger partial charge in [0, 0.05) is 0 Å². The number of hydrogen-bond acceptors (Lipinski definition) is 9. The van der Waals surface area contributed by atoms with Crippen LogP contribution in [0.3, 0.4) is 0 Å². The van der Waals surface area contributed by atoms with E-state index < -0.39 is 55.4 Å². The second-order valence-corrected chi connectivity index (χ2v) is 8.32. The molecule has 0 aliphatic carbocycles. The number of hydrogen-bond donors (Lipinski definition) is 0. The van der Waals surface area contributed by atoms with Crippen LogP contribution in [0.1, 0.15) is 31.1 Å². The lowest BCUT2D eigenvalue weighted by atomic mass is 10.1. The lowest BCUT2D eigenvalue weighted by molar-refractivity contribution is -0.280. The van der Waals surface area contributed by atoms with Crippen LogP contribution in [-0.2, 0) is 23.7 Å². The lowest BCUT2D eigenvalue weighted by Gasteiger charge is -2.21. The Labute approximate surface area is 226 Å². The zero-order chi connectivity index (χ0) is 28.5. The molecular formula is C28H22F3NO8. The second kappa shape index (κ2) is 12.9. The lowest BCUT2D eigenvalue weighted by Crippen LogP contribution is -2.39. The number of rotatable bonds is 9. The molecule has 1 heterocycles. The van der Waals surface area contributed by atoms with E-state index in [4.69, 9.17) is 18.9 Å². The number of alkyl halides is 3. The minimum absolute atomic E-state index is 0.115. The van der Waals surface area contributed by atoms with Gasteiger partial charge in [-0.1, -0.05) is 54.6 Å². The summed E-state index contributed by atoms with van der Waals surface area (Å²) in [7, 11) is 0. The maximum atomic E-state index is 12.9. The molecule has 0 spiro atoms. The maximum absolute atomic E-state index is 12.9. The van der Waals surface area contributed by atoms with Crippen molar-refractivity contribution in [2.45, 2.75) is 30.9 Å². The Balaban J connectivity index is 1.60. The Kier molecular flexibility index (Phi) is 9.12. The monoisotopic (exact) mass is 557 g/mol. The summed E-state index contributed by atoms with van der Waals surface area (Å²) in [6.45, 7) is -0.527. The summed E-state index contributed by atoms with van der Waals surface area (Å²) >= 11 is 0. The van der Waals surface area contributed by atoms with Crippen LogP contribution in [0, 0.1) is 0 Å². The first kappa shape index (κ1) is 28.3. The minimum Gasteiger partial charge on any atom is -0.459 e. The number of benzene rings is 3.